The maximum Gasteiger partial charge on any atom is 0.317 e. The van der Waals surface area contributed by atoms with E-state index < -0.39 is 0 Å². The Balaban J connectivity index is 1.86. The van der Waals surface area contributed by atoms with E-state index in [9.17, 15) is 4.79 Å². The topological polar surface area (TPSA) is 32.3 Å². The number of aryl methyl sites for hydroxylation is 1. The molecule has 1 N–H and O–H groups in total. The number of benzene rings is 2. The third-order valence-corrected chi connectivity index (χ3v) is 3.46. The summed E-state index contributed by atoms with van der Waals surface area (Å²) in [6, 6.07) is 15.5. The van der Waals surface area contributed by atoms with Crippen molar-refractivity contribution in [2.24, 2.45) is 0 Å². The first kappa shape index (κ1) is 15.4. The Kier molecular flexibility index (Phi) is 5.23. The molecule has 0 heterocycles. The molecule has 0 aliphatic heterocycles. The van der Waals surface area contributed by atoms with Crippen LogP contribution < -0.4 is 5.32 Å². The SMILES string of the molecule is Cc1cccc(CNC(=O)N(C)Cc2ccc(Cl)cc2)c1. The second-order valence-corrected chi connectivity index (χ2v) is 5.57. The number of amides is 2. The first-order valence-corrected chi connectivity index (χ1v) is 7.21. The minimum absolute atomic E-state index is 0.0912. The maximum absolute atomic E-state index is 12.1. The van der Waals surface area contributed by atoms with Crippen molar-refractivity contribution < 1.29 is 4.79 Å². The predicted molar refractivity (Wildman–Crippen MR) is 86.3 cm³/mol. The Hall–Kier alpha value is -2.00. The molecule has 0 saturated carbocycles. The zero-order valence-electron chi connectivity index (χ0n) is 12.3. The van der Waals surface area contributed by atoms with Gasteiger partial charge in [-0.15, -0.1) is 0 Å². The largest absolute Gasteiger partial charge is 0.334 e. The zero-order chi connectivity index (χ0) is 15.2. The summed E-state index contributed by atoms with van der Waals surface area (Å²) in [6.07, 6.45) is 0. The molecule has 0 fully saturated rings. The van der Waals surface area contributed by atoms with E-state index in [4.69, 9.17) is 11.6 Å². The lowest BCUT2D eigenvalue weighted by atomic mass is 10.1. The molecule has 3 nitrogen and oxygen atoms in total. The van der Waals surface area contributed by atoms with Crippen molar-refractivity contribution in [2.45, 2.75) is 20.0 Å². The Morgan fingerprint density at radius 2 is 1.86 bits per heavy atom. The number of halogens is 1. The number of rotatable bonds is 4. The van der Waals surface area contributed by atoms with Crippen LogP contribution >= 0.6 is 11.6 Å². The number of carbonyl (C=O) groups is 1. The molecule has 0 radical (unpaired) electrons. The van der Waals surface area contributed by atoms with Crippen LogP contribution in [0.15, 0.2) is 48.5 Å². The predicted octanol–water partition coefficient (Wildman–Crippen LogP) is 3.99. The van der Waals surface area contributed by atoms with Gasteiger partial charge in [-0.2, -0.15) is 0 Å². The smallest absolute Gasteiger partial charge is 0.317 e. The summed E-state index contributed by atoms with van der Waals surface area (Å²) in [6.45, 7) is 3.13. The minimum Gasteiger partial charge on any atom is -0.334 e. The summed E-state index contributed by atoms with van der Waals surface area (Å²) in [4.78, 5) is 13.7. The van der Waals surface area contributed by atoms with E-state index in [0.717, 1.165) is 11.1 Å². The van der Waals surface area contributed by atoms with Gasteiger partial charge in [-0.05, 0) is 30.2 Å². The summed E-state index contributed by atoms with van der Waals surface area (Å²) in [5, 5.41) is 3.62. The highest BCUT2D eigenvalue weighted by Crippen LogP contribution is 2.11. The number of nitrogens with one attached hydrogen (secondary N) is 1. The number of urea groups is 1. The maximum atomic E-state index is 12.1. The molecule has 2 aromatic carbocycles. The Bertz CT molecular complexity index is 610. The second kappa shape index (κ2) is 7.14. The lowest BCUT2D eigenvalue weighted by Crippen LogP contribution is -2.36. The third-order valence-electron chi connectivity index (χ3n) is 3.21. The van der Waals surface area contributed by atoms with Crippen molar-refractivity contribution in [1.82, 2.24) is 10.2 Å². The third kappa shape index (κ3) is 4.80. The Labute approximate surface area is 130 Å². The Morgan fingerprint density at radius 1 is 1.14 bits per heavy atom. The van der Waals surface area contributed by atoms with E-state index in [0.29, 0.717) is 18.1 Å². The van der Waals surface area contributed by atoms with Gasteiger partial charge >= 0.3 is 6.03 Å². The highest BCUT2D eigenvalue weighted by molar-refractivity contribution is 6.30. The summed E-state index contributed by atoms with van der Waals surface area (Å²) < 4.78 is 0. The van der Waals surface area contributed by atoms with Crippen LogP contribution in [0.25, 0.3) is 0 Å². The van der Waals surface area contributed by atoms with Crippen molar-refractivity contribution in [3.8, 4) is 0 Å². The lowest BCUT2D eigenvalue weighted by molar-refractivity contribution is 0.206. The van der Waals surface area contributed by atoms with Gasteiger partial charge < -0.3 is 10.2 Å². The molecule has 4 heteroatoms. The molecule has 2 amide bonds. The molecule has 2 rings (SSSR count). The first-order chi connectivity index (χ1) is 10.0. The highest BCUT2D eigenvalue weighted by atomic mass is 35.5. The van der Waals surface area contributed by atoms with E-state index in [1.165, 1.54) is 5.56 Å². The van der Waals surface area contributed by atoms with Gasteiger partial charge in [0.15, 0.2) is 0 Å². The van der Waals surface area contributed by atoms with E-state index in [1.54, 1.807) is 11.9 Å². The molecule has 110 valence electrons. The molecular weight excluding hydrogens is 284 g/mol. The molecule has 0 aliphatic rings. The molecule has 21 heavy (non-hydrogen) atoms. The molecule has 0 aliphatic carbocycles. The molecule has 2 aromatic rings. The van der Waals surface area contributed by atoms with Gasteiger partial charge in [0.25, 0.3) is 0 Å². The van der Waals surface area contributed by atoms with Gasteiger partial charge in [0.05, 0.1) is 0 Å². The van der Waals surface area contributed by atoms with Gasteiger partial charge in [-0.1, -0.05) is 53.6 Å². The van der Waals surface area contributed by atoms with E-state index >= 15 is 0 Å². The Morgan fingerprint density at radius 3 is 2.52 bits per heavy atom. The number of hydrogen-bond acceptors (Lipinski definition) is 1. The number of hydrogen-bond donors (Lipinski definition) is 1. The van der Waals surface area contributed by atoms with Crippen LogP contribution in [0, 0.1) is 6.92 Å². The summed E-state index contributed by atoms with van der Waals surface area (Å²) in [7, 11) is 1.78. The molecule has 0 aromatic heterocycles. The minimum atomic E-state index is -0.0912. The monoisotopic (exact) mass is 302 g/mol. The first-order valence-electron chi connectivity index (χ1n) is 6.83. The quantitative estimate of drug-likeness (QED) is 0.910. The van der Waals surface area contributed by atoms with Crippen molar-refractivity contribution in [1.29, 1.82) is 0 Å². The average Bonchev–Trinajstić information content (AvgIpc) is 2.47. The fourth-order valence-electron chi connectivity index (χ4n) is 2.07. The van der Waals surface area contributed by atoms with Crippen molar-refractivity contribution >= 4 is 17.6 Å². The van der Waals surface area contributed by atoms with Gasteiger partial charge in [-0.25, -0.2) is 4.79 Å². The van der Waals surface area contributed by atoms with E-state index in [1.807, 2.05) is 49.4 Å². The van der Waals surface area contributed by atoms with Crippen LogP contribution in [0.3, 0.4) is 0 Å². The normalized spacial score (nSPS) is 10.2. The summed E-state index contributed by atoms with van der Waals surface area (Å²) in [5.41, 5.74) is 3.34. The second-order valence-electron chi connectivity index (χ2n) is 5.13. The van der Waals surface area contributed by atoms with Crippen LogP contribution in [0.4, 0.5) is 4.79 Å². The average molecular weight is 303 g/mol. The van der Waals surface area contributed by atoms with Gasteiger partial charge in [0.1, 0.15) is 0 Å². The lowest BCUT2D eigenvalue weighted by Gasteiger charge is -2.18. The van der Waals surface area contributed by atoms with E-state index in [2.05, 4.69) is 11.4 Å². The molecule has 0 spiro atoms. The van der Waals surface area contributed by atoms with Crippen LogP contribution in [-0.4, -0.2) is 18.0 Å². The van der Waals surface area contributed by atoms with Crippen LogP contribution in [0.1, 0.15) is 16.7 Å². The van der Waals surface area contributed by atoms with Crippen molar-refractivity contribution in [3.63, 3.8) is 0 Å². The van der Waals surface area contributed by atoms with Crippen LogP contribution in [0.2, 0.25) is 5.02 Å². The van der Waals surface area contributed by atoms with Crippen LogP contribution in [-0.2, 0) is 13.1 Å². The van der Waals surface area contributed by atoms with Crippen molar-refractivity contribution in [3.05, 3.63) is 70.2 Å². The van der Waals surface area contributed by atoms with Gasteiger partial charge in [0.2, 0.25) is 0 Å². The molecule has 0 bridgehead atoms. The molecule has 0 saturated heterocycles. The fourth-order valence-corrected chi connectivity index (χ4v) is 2.20. The highest BCUT2D eigenvalue weighted by Gasteiger charge is 2.08. The number of carbonyl (C=O) groups excluding carboxylic acids is 1. The molecule has 0 unspecified atom stereocenters. The van der Waals surface area contributed by atoms with Gasteiger partial charge in [0, 0.05) is 25.2 Å². The van der Waals surface area contributed by atoms with Gasteiger partial charge in [-0.3, -0.25) is 0 Å². The van der Waals surface area contributed by atoms with Crippen molar-refractivity contribution in [2.75, 3.05) is 7.05 Å². The standard InChI is InChI=1S/C17H19ClN2O/c1-13-4-3-5-15(10-13)11-19-17(21)20(2)12-14-6-8-16(18)9-7-14/h3-10H,11-12H2,1-2H3,(H,19,21). The van der Waals surface area contributed by atoms with Crippen LogP contribution in [0.5, 0.6) is 0 Å². The molecule has 0 atom stereocenters. The summed E-state index contributed by atoms with van der Waals surface area (Å²) >= 11 is 5.85. The van der Waals surface area contributed by atoms with E-state index in [-0.39, 0.29) is 6.03 Å². The summed E-state index contributed by atoms with van der Waals surface area (Å²) in [5.74, 6) is 0. The zero-order valence-corrected chi connectivity index (χ0v) is 13.0. The fraction of sp³-hybridized carbons (Fsp3) is 0.235. The molecular formula is C17H19ClN2O. The number of nitrogens with zero attached hydrogens (tertiary/aromatic N) is 1.